The zero-order valence-electron chi connectivity index (χ0n) is 28.6. The van der Waals surface area contributed by atoms with Gasteiger partial charge in [0.05, 0.1) is 11.4 Å². The van der Waals surface area contributed by atoms with Gasteiger partial charge < -0.3 is 0 Å². The summed E-state index contributed by atoms with van der Waals surface area (Å²) in [6, 6.07) is 61.2. The van der Waals surface area contributed by atoms with Crippen LogP contribution in [0.5, 0.6) is 0 Å². The summed E-state index contributed by atoms with van der Waals surface area (Å²) in [6.45, 7) is 4.66. The van der Waals surface area contributed by atoms with Gasteiger partial charge in [-0.25, -0.2) is 9.97 Å². The quantitative estimate of drug-likeness (QED) is 0.140. The minimum absolute atomic E-state index is 0.0390. The Hall–Kier alpha value is -6.38. The second kappa shape index (κ2) is 11.3. The minimum atomic E-state index is -0.0390. The summed E-state index contributed by atoms with van der Waals surface area (Å²) in [5.74, 6) is 0.712. The lowest BCUT2D eigenvalue weighted by Crippen LogP contribution is -2.14. The standard InChI is InChI=1S/C49H34N2/c1-49(2)43-23-13-12-21-38(43)42-29-34(25-27-44(42)49)36-19-10-11-22-39(36)45-30-46(51-48(50-45)32-15-4-3-5-16-32)47-37-20-9-7-17-33(37)28-41-35-18-8-6-14-31(35)24-26-40(41)47/h3-30H,1-2H3. The molecule has 1 aromatic heterocycles. The Kier molecular flexibility index (Phi) is 6.56. The fourth-order valence-corrected chi connectivity index (χ4v) is 8.37. The third-order valence-electron chi connectivity index (χ3n) is 10.9. The largest absolute Gasteiger partial charge is 0.228 e. The minimum Gasteiger partial charge on any atom is -0.228 e. The van der Waals surface area contributed by atoms with Crippen LogP contribution < -0.4 is 0 Å². The molecule has 51 heavy (non-hydrogen) atoms. The summed E-state index contributed by atoms with van der Waals surface area (Å²) >= 11 is 0. The van der Waals surface area contributed by atoms with Crippen LogP contribution in [0.25, 0.3) is 88.5 Å². The van der Waals surface area contributed by atoms with Gasteiger partial charge >= 0.3 is 0 Å². The summed E-state index contributed by atoms with van der Waals surface area (Å²) < 4.78 is 0. The molecule has 2 nitrogen and oxygen atoms in total. The van der Waals surface area contributed by atoms with Crippen molar-refractivity contribution in [3.05, 3.63) is 181 Å². The van der Waals surface area contributed by atoms with E-state index in [1.54, 1.807) is 0 Å². The molecule has 1 aliphatic rings. The fraction of sp³-hybridized carbons (Fsp3) is 0.0612. The lowest BCUT2D eigenvalue weighted by Gasteiger charge is -2.21. The number of hydrogen-bond acceptors (Lipinski definition) is 2. The first-order valence-corrected chi connectivity index (χ1v) is 17.7. The molecule has 0 unspecified atom stereocenters. The molecule has 0 saturated heterocycles. The normalized spacial score (nSPS) is 13.1. The molecule has 9 aromatic rings. The van der Waals surface area contributed by atoms with Crippen LogP contribution >= 0.6 is 0 Å². The van der Waals surface area contributed by atoms with Gasteiger partial charge in [0.2, 0.25) is 0 Å². The van der Waals surface area contributed by atoms with E-state index in [0.29, 0.717) is 5.82 Å². The molecule has 0 N–H and O–H groups in total. The van der Waals surface area contributed by atoms with E-state index in [4.69, 9.17) is 9.97 Å². The summed E-state index contributed by atoms with van der Waals surface area (Å²) in [4.78, 5) is 10.7. The Morgan fingerprint density at radius 1 is 0.373 bits per heavy atom. The van der Waals surface area contributed by atoms with Gasteiger partial charge in [-0.3, -0.25) is 0 Å². The first kappa shape index (κ1) is 29.5. The predicted octanol–water partition coefficient (Wildman–Crippen LogP) is 12.9. The molecular weight excluding hydrogens is 617 g/mol. The molecule has 0 bridgehead atoms. The molecule has 0 atom stereocenters. The van der Waals surface area contributed by atoms with Crippen molar-refractivity contribution >= 4 is 32.3 Å². The average Bonchev–Trinajstić information content (AvgIpc) is 3.42. The number of aromatic nitrogens is 2. The van der Waals surface area contributed by atoms with Crippen LogP contribution in [0, 0.1) is 0 Å². The second-order valence-electron chi connectivity index (χ2n) is 14.2. The highest BCUT2D eigenvalue weighted by Gasteiger charge is 2.35. The molecule has 1 heterocycles. The van der Waals surface area contributed by atoms with Gasteiger partial charge in [0, 0.05) is 22.1 Å². The van der Waals surface area contributed by atoms with Crippen LogP contribution in [0.1, 0.15) is 25.0 Å². The Balaban J connectivity index is 1.24. The number of fused-ring (bicyclic) bond motifs is 7. The van der Waals surface area contributed by atoms with Crippen LogP contribution in [0.2, 0.25) is 0 Å². The maximum Gasteiger partial charge on any atom is 0.160 e. The Morgan fingerprint density at radius 2 is 1.02 bits per heavy atom. The highest BCUT2D eigenvalue weighted by Crippen LogP contribution is 2.50. The van der Waals surface area contributed by atoms with Crippen LogP contribution in [-0.4, -0.2) is 9.97 Å². The van der Waals surface area contributed by atoms with E-state index in [-0.39, 0.29) is 5.41 Å². The first-order valence-electron chi connectivity index (χ1n) is 17.7. The molecule has 0 radical (unpaired) electrons. The predicted molar refractivity (Wildman–Crippen MR) is 214 cm³/mol. The number of hydrogen-bond donors (Lipinski definition) is 0. The lowest BCUT2D eigenvalue weighted by molar-refractivity contribution is 0.660. The van der Waals surface area contributed by atoms with Crippen molar-refractivity contribution in [1.82, 2.24) is 9.97 Å². The molecule has 0 aliphatic heterocycles. The molecule has 1 aliphatic carbocycles. The highest BCUT2D eigenvalue weighted by atomic mass is 14.9. The highest BCUT2D eigenvalue weighted by molar-refractivity contribution is 6.19. The van der Waals surface area contributed by atoms with Gasteiger partial charge in [-0.05, 0) is 83.9 Å². The van der Waals surface area contributed by atoms with E-state index in [0.717, 1.165) is 33.6 Å². The van der Waals surface area contributed by atoms with Gasteiger partial charge in [0.1, 0.15) is 0 Å². The van der Waals surface area contributed by atoms with Crippen molar-refractivity contribution in [2.24, 2.45) is 0 Å². The van der Waals surface area contributed by atoms with E-state index in [9.17, 15) is 0 Å². The monoisotopic (exact) mass is 650 g/mol. The van der Waals surface area contributed by atoms with Crippen molar-refractivity contribution in [2.75, 3.05) is 0 Å². The lowest BCUT2D eigenvalue weighted by atomic mass is 9.82. The van der Waals surface area contributed by atoms with Crippen molar-refractivity contribution < 1.29 is 0 Å². The van der Waals surface area contributed by atoms with Crippen molar-refractivity contribution in [3.8, 4) is 56.2 Å². The van der Waals surface area contributed by atoms with Crippen molar-refractivity contribution in [1.29, 1.82) is 0 Å². The number of nitrogens with zero attached hydrogens (tertiary/aromatic N) is 2. The number of rotatable bonds is 4. The second-order valence-corrected chi connectivity index (χ2v) is 14.2. The topological polar surface area (TPSA) is 25.8 Å². The molecule has 0 spiro atoms. The van der Waals surface area contributed by atoms with Crippen molar-refractivity contribution in [3.63, 3.8) is 0 Å². The SMILES string of the molecule is CC1(C)c2ccccc2-c2cc(-c3ccccc3-c3cc(-c4c5ccccc5cc5c4ccc4ccccc45)nc(-c4ccccc4)n3)ccc21. The molecule has 240 valence electrons. The van der Waals surface area contributed by atoms with Crippen LogP contribution in [0.15, 0.2) is 170 Å². The molecular formula is C49H34N2. The first-order chi connectivity index (χ1) is 25.0. The summed E-state index contributed by atoms with van der Waals surface area (Å²) in [5, 5.41) is 7.26. The Bertz CT molecular complexity index is 2830. The third kappa shape index (κ3) is 4.64. The molecule has 0 amide bonds. The van der Waals surface area contributed by atoms with Crippen LogP contribution in [0.4, 0.5) is 0 Å². The van der Waals surface area contributed by atoms with E-state index in [1.807, 2.05) is 6.07 Å². The smallest absolute Gasteiger partial charge is 0.160 e. The fourth-order valence-electron chi connectivity index (χ4n) is 8.37. The Labute approximate surface area is 297 Å². The average molecular weight is 651 g/mol. The van der Waals surface area contributed by atoms with Crippen LogP contribution in [0.3, 0.4) is 0 Å². The van der Waals surface area contributed by atoms with Gasteiger partial charge in [-0.15, -0.1) is 0 Å². The van der Waals surface area contributed by atoms with E-state index >= 15 is 0 Å². The van der Waals surface area contributed by atoms with Gasteiger partial charge in [-0.1, -0.05) is 166 Å². The van der Waals surface area contributed by atoms with E-state index in [2.05, 4.69) is 178 Å². The zero-order chi connectivity index (χ0) is 34.1. The molecule has 2 heteroatoms. The van der Waals surface area contributed by atoms with Gasteiger partial charge in [-0.2, -0.15) is 0 Å². The maximum absolute atomic E-state index is 5.36. The maximum atomic E-state index is 5.36. The molecule has 0 saturated carbocycles. The van der Waals surface area contributed by atoms with Crippen molar-refractivity contribution in [2.45, 2.75) is 19.3 Å². The summed E-state index contributed by atoms with van der Waals surface area (Å²) in [7, 11) is 0. The van der Waals surface area contributed by atoms with Crippen LogP contribution in [-0.2, 0) is 5.41 Å². The third-order valence-corrected chi connectivity index (χ3v) is 10.9. The summed E-state index contributed by atoms with van der Waals surface area (Å²) in [5.41, 5.74) is 12.7. The van der Waals surface area contributed by atoms with E-state index < -0.39 is 0 Å². The van der Waals surface area contributed by atoms with Gasteiger partial charge in [0.15, 0.2) is 5.82 Å². The zero-order valence-corrected chi connectivity index (χ0v) is 28.6. The molecule has 8 aromatic carbocycles. The summed E-state index contributed by atoms with van der Waals surface area (Å²) in [6.07, 6.45) is 0. The van der Waals surface area contributed by atoms with Gasteiger partial charge in [0.25, 0.3) is 0 Å². The molecule has 10 rings (SSSR count). The Morgan fingerprint density at radius 3 is 1.86 bits per heavy atom. The molecule has 0 fully saturated rings. The number of benzene rings is 8. The van der Waals surface area contributed by atoms with E-state index in [1.165, 1.54) is 60.1 Å².